The summed E-state index contributed by atoms with van der Waals surface area (Å²) in [6, 6.07) is 23.4. The summed E-state index contributed by atoms with van der Waals surface area (Å²) >= 11 is 0. The van der Waals surface area contributed by atoms with Gasteiger partial charge in [0.05, 0.1) is 39.6 Å². The van der Waals surface area contributed by atoms with Crippen molar-refractivity contribution in [2.24, 2.45) is 5.73 Å². The zero-order valence-corrected chi connectivity index (χ0v) is 24.3. The molecular weight excluding hydrogens is 534 g/mol. The maximum atomic E-state index is 12.9. The lowest BCUT2D eigenvalue weighted by molar-refractivity contribution is -0.117. The molecule has 8 nitrogen and oxygen atoms in total. The first-order valence-corrected chi connectivity index (χ1v) is 15.1. The summed E-state index contributed by atoms with van der Waals surface area (Å²) in [4.78, 5) is 22.7. The highest BCUT2D eigenvalue weighted by atomic mass is 32.2. The SMILES string of the molecule is CCS(=O)(=O)c1ccc(C(N)C(=O)Nc2ccc(-c3nc4ccc(C)cc4n3[C@@H](C)c3ccc(C)cc3)nc2)cc1. The number of rotatable bonds is 8. The van der Waals surface area contributed by atoms with E-state index >= 15 is 0 Å². The number of benzene rings is 3. The number of carbonyl (C=O) groups is 1. The maximum Gasteiger partial charge on any atom is 0.245 e. The summed E-state index contributed by atoms with van der Waals surface area (Å²) < 4.78 is 26.3. The van der Waals surface area contributed by atoms with Gasteiger partial charge in [0.2, 0.25) is 5.91 Å². The zero-order valence-electron chi connectivity index (χ0n) is 23.5. The molecule has 0 radical (unpaired) electrons. The Morgan fingerprint density at radius 2 is 1.59 bits per heavy atom. The lowest BCUT2D eigenvalue weighted by Crippen LogP contribution is -2.27. The molecule has 0 saturated heterocycles. The Morgan fingerprint density at radius 3 is 2.22 bits per heavy atom. The molecule has 9 heteroatoms. The zero-order chi connectivity index (χ0) is 29.3. The van der Waals surface area contributed by atoms with Gasteiger partial charge < -0.3 is 15.6 Å². The predicted molar refractivity (Wildman–Crippen MR) is 162 cm³/mol. The number of carbonyl (C=O) groups excluding carboxylic acids is 1. The van der Waals surface area contributed by atoms with Gasteiger partial charge in [-0.3, -0.25) is 9.78 Å². The molecule has 2 heterocycles. The maximum absolute atomic E-state index is 12.9. The van der Waals surface area contributed by atoms with E-state index in [2.05, 4.69) is 66.0 Å². The number of nitrogens with one attached hydrogen (secondary N) is 1. The second-order valence-electron chi connectivity index (χ2n) is 10.3. The van der Waals surface area contributed by atoms with Crippen LogP contribution in [0, 0.1) is 13.8 Å². The van der Waals surface area contributed by atoms with Crippen molar-refractivity contribution in [2.75, 3.05) is 11.1 Å². The second-order valence-corrected chi connectivity index (χ2v) is 12.5. The largest absolute Gasteiger partial charge is 0.323 e. The van der Waals surface area contributed by atoms with Gasteiger partial charge in [-0.1, -0.05) is 55.0 Å². The molecule has 0 bridgehead atoms. The molecular formula is C32H33N5O3S. The van der Waals surface area contributed by atoms with E-state index in [0.717, 1.165) is 28.0 Å². The lowest BCUT2D eigenvalue weighted by atomic mass is 10.1. The van der Waals surface area contributed by atoms with Gasteiger partial charge in [0.25, 0.3) is 0 Å². The summed E-state index contributed by atoms with van der Waals surface area (Å²) in [5.74, 6) is 0.305. The number of aromatic nitrogens is 3. The van der Waals surface area contributed by atoms with Crippen LogP contribution in [0.3, 0.4) is 0 Å². The molecule has 1 unspecified atom stereocenters. The first kappa shape index (κ1) is 28.2. The molecule has 5 aromatic rings. The van der Waals surface area contributed by atoms with E-state index in [1.807, 2.05) is 18.2 Å². The number of fused-ring (bicyclic) bond motifs is 1. The van der Waals surface area contributed by atoms with Crippen molar-refractivity contribution >= 4 is 32.5 Å². The lowest BCUT2D eigenvalue weighted by Gasteiger charge is -2.19. The van der Waals surface area contributed by atoms with Crippen molar-refractivity contribution in [3.63, 3.8) is 0 Å². The highest BCUT2D eigenvalue weighted by Crippen LogP contribution is 2.32. The number of hydrogen-bond donors (Lipinski definition) is 2. The van der Waals surface area contributed by atoms with Crippen molar-refractivity contribution in [1.82, 2.24) is 14.5 Å². The molecule has 0 saturated carbocycles. The van der Waals surface area contributed by atoms with Gasteiger partial charge in [-0.2, -0.15) is 0 Å². The molecule has 2 atom stereocenters. The Balaban J connectivity index is 1.40. The van der Waals surface area contributed by atoms with E-state index < -0.39 is 21.8 Å². The average molecular weight is 568 g/mol. The van der Waals surface area contributed by atoms with Crippen LogP contribution in [0.1, 0.15) is 48.2 Å². The van der Waals surface area contributed by atoms with Gasteiger partial charge in [0.15, 0.2) is 15.7 Å². The fourth-order valence-corrected chi connectivity index (χ4v) is 5.67. The summed E-state index contributed by atoms with van der Waals surface area (Å²) in [5, 5.41) is 2.81. The third-order valence-electron chi connectivity index (χ3n) is 7.31. The predicted octanol–water partition coefficient (Wildman–Crippen LogP) is 5.76. The van der Waals surface area contributed by atoms with Crippen LogP contribution in [-0.4, -0.2) is 34.6 Å². The summed E-state index contributed by atoms with van der Waals surface area (Å²) in [5.41, 5.74) is 13.3. The van der Waals surface area contributed by atoms with Crippen LogP contribution in [-0.2, 0) is 14.6 Å². The van der Waals surface area contributed by atoms with Gasteiger partial charge in [0, 0.05) is 0 Å². The standard InChI is InChI=1S/C32H33N5O3S/c1-5-41(39,40)26-14-11-24(12-15-26)30(33)32(38)35-25-13-17-28(34-19-25)31-36-27-16-8-21(3)18-29(27)37(31)22(4)23-9-6-20(2)7-10-23/h6-19,22,30H,5,33H2,1-4H3,(H,35,38)/t22-,30?/m0/s1. The van der Waals surface area contributed by atoms with Crippen LogP contribution in [0.25, 0.3) is 22.6 Å². The van der Waals surface area contributed by atoms with E-state index in [1.165, 1.54) is 17.7 Å². The van der Waals surface area contributed by atoms with Gasteiger partial charge >= 0.3 is 0 Å². The van der Waals surface area contributed by atoms with Crippen molar-refractivity contribution < 1.29 is 13.2 Å². The molecule has 210 valence electrons. The number of nitrogens with zero attached hydrogens (tertiary/aromatic N) is 3. The summed E-state index contributed by atoms with van der Waals surface area (Å²) in [6.45, 7) is 7.87. The molecule has 5 rings (SSSR count). The topological polar surface area (TPSA) is 120 Å². The molecule has 0 aliphatic carbocycles. The fourth-order valence-electron chi connectivity index (χ4n) is 4.79. The smallest absolute Gasteiger partial charge is 0.245 e. The number of sulfone groups is 1. The number of aryl methyl sites for hydroxylation is 2. The minimum atomic E-state index is -3.33. The Hall–Kier alpha value is -4.34. The van der Waals surface area contributed by atoms with Gasteiger partial charge in [-0.15, -0.1) is 0 Å². The molecule has 0 aliphatic rings. The normalized spacial score (nSPS) is 13.2. The summed E-state index contributed by atoms with van der Waals surface area (Å²) in [7, 11) is -3.33. The van der Waals surface area contributed by atoms with Crippen molar-refractivity contribution in [3.8, 4) is 11.5 Å². The second kappa shape index (κ2) is 11.3. The third kappa shape index (κ3) is 5.77. The number of nitrogens with two attached hydrogens (primary N) is 1. The van der Waals surface area contributed by atoms with Crippen LogP contribution in [0.2, 0.25) is 0 Å². The number of hydrogen-bond acceptors (Lipinski definition) is 6. The van der Waals surface area contributed by atoms with Crippen LogP contribution in [0.4, 0.5) is 5.69 Å². The Labute approximate surface area is 240 Å². The first-order valence-electron chi connectivity index (χ1n) is 13.5. The molecule has 3 aromatic carbocycles. The van der Waals surface area contributed by atoms with Gasteiger partial charge in [-0.05, 0) is 73.9 Å². The van der Waals surface area contributed by atoms with E-state index in [-0.39, 0.29) is 16.7 Å². The minimum absolute atomic E-state index is 0.00264. The number of pyridine rings is 1. The molecule has 2 aromatic heterocycles. The molecule has 0 spiro atoms. The van der Waals surface area contributed by atoms with Crippen LogP contribution < -0.4 is 11.1 Å². The average Bonchev–Trinajstić information content (AvgIpc) is 3.35. The highest BCUT2D eigenvalue weighted by Gasteiger charge is 2.21. The van der Waals surface area contributed by atoms with E-state index in [0.29, 0.717) is 16.9 Å². The number of amides is 1. The number of imidazole rings is 1. The van der Waals surface area contributed by atoms with Crippen molar-refractivity contribution in [3.05, 3.63) is 107 Å². The molecule has 0 fully saturated rings. The van der Waals surface area contributed by atoms with E-state index in [9.17, 15) is 13.2 Å². The van der Waals surface area contributed by atoms with Crippen LogP contribution in [0.15, 0.2) is 90.0 Å². The molecule has 0 aliphatic heterocycles. The Kier molecular flexibility index (Phi) is 7.75. The van der Waals surface area contributed by atoms with Crippen molar-refractivity contribution in [1.29, 1.82) is 0 Å². The van der Waals surface area contributed by atoms with Gasteiger partial charge in [-0.25, -0.2) is 13.4 Å². The monoisotopic (exact) mass is 567 g/mol. The number of anilines is 1. The summed E-state index contributed by atoms with van der Waals surface area (Å²) in [6.07, 6.45) is 1.59. The quantitative estimate of drug-likeness (QED) is 0.246. The third-order valence-corrected chi connectivity index (χ3v) is 9.06. The van der Waals surface area contributed by atoms with Gasteiger partial charge in [0.1, 0.15) is 11.7 Å². The van der Waals surface area contributed by atoms with E-state index in [1.54, 1.807) is 31.3 Å². The fraction of sp³-hybridized carbons (Fsp3) is 0.219. The highest BCUT2D eigenvalue weighted by molar-refractivity contribution is 7.91. The van der Waals surface area contributed by atoms with Crippen LogP contribution in [0.5, 0.6) is 0 Å². The van der Waals surface area contributed by atoms with Crippen LogP contribution >= 0.6 is 0 Å². The first-order chi connectivity index (χ1) is 19.6. The van der Waals surface area contributed by atoms with E-state index in [4.69, 9.17) is 10.7 Å². The molecule has 1 amide bonds. The van der Waals surface area contributed by atoms with Crippen molar-refractivity contribution in [2.45, 2.75) is 44.7 Å². The minimum Gasteiger partial charge on any atom is -0.323 e. The Bertz CT molecular complexity index is 1810. The Morgan fingerprint density at radius 1 is 0.927 bits per heavy atom. The molecule has 3 N–H and O–H groups in total. The molecule has 41 heavy (non-hydrogen) atoms.